The Labute approximate surface area is 77.7 Å². The summed E-state index contributed by atoms with van der Waals surface area (Å²) in [6.45, 7) is 0. The molecule has 0 radical (unpaired) electrons. The highest BCUT2D eigenvalue weighted by Gasteiger charge is 2.40. The zero-order chi connectivity index (χ0) is 9.47. The molecular formula is C10H14N2O. The van der Waals surface area contributed by atoms with E-state index >= 15 is 0 Å². The van der Waals surface area contributed by atoms with Gasteiger partial charge >= 0.3 is 0 Å². The van der Waals surface area contributed by atoms with E-state index in [0.29, 0.717) is 11.4 Å². The molecule has 70 valence electrons. The Morgan fingerprint density at radius 2 is 2.08 bits per heavy atom. The predicted octanol–water partition coefficient (Wildman–Crippen LogP) is 1.23. The lowest BCUT2D eigenvalue weighted by Gasteiger charge is -2.11. The average molecular weight is 178 g/mol. The number of hydrogen-bond acceptors (Lipinski definition) is 3. The maximum atomic E-state index is 6.05. The molecular weight excluding hydrogens is 164 g/mol. The standard InChI is InChI=1S/C10H14N2O/c1-13-9-6-7(2-3-8(9)11)10(12)4-5-10/h2-3,6H,4-5,11-12H2,1H3. The van der Waals surface area contributed by atoms with Crippen molar-refractivity contribution in [2.75, 3.05) is 12.8 Å². The van der Waals surface area contributed by atoms with Gasteiger partial charge in [0.2, 0.25) is 0 Å². The van der Waals surface area contributed by atoms with E-state index in [2.05, 4.69) is 0 Å². The first-order chi connectivity index (χ1) is 6.15. The lowest BCUT2D eigenvalue weighted by atomic mass is 10.1. The summed E-state index contributed by atoms with van der Waals surface area (Å²) in [4.78, 5) is 0. The molecule has 1 aromatic carbocycles. The molecule has 13 heavy (non-hydrogen) atoms. The molecule has 0 spiro atoms. The highest BCUT2D eigenvalue weighted by Crippen LogP contribution is 2.44. The normalized spacial score (nSPS) is 18.3. The summed E-state index contributed by atoms with van der Waals surface area (Å²) in [7, 11) is 1.62. The smallest absolute Gasteiger partial charge is 0.142 e. The Morgan fingerprint density at radius 3 is 2.62 bits per heavy atom. The van der Waals surface area contributed by atoms with Crippen LogP contribution in [0, 0.1) is 0 Å². The van der Waals surface area contributed by atoms with Crippen molar-refractivity contribution < 1.29 is 4.74 Å². The van der Waals surface area contributed by atoms with Crippen LogP contribution in [-0.4, -0.2) is 7.11 Å². The van der Waals surface area contributed by atoms with Gasteiger partial charge in [0.15, 0.2) is 0 Å². The molecule has 0 heterocycles. The predicted molar refractivity (Wildman–Crippen MR) is 52.5 cm³/mol. The summed E-state index contributed by atoms with van der Waals surface area (Å²) in [5, 5.41) is 0. The van der Waals surface area contributed by atoms with Gasteiger partial charge in [0.25, 0.3) is 0 Å². The van der Waals surface area contributed by atoms with Gasteiger partial charge in [0, 0.05) is 5.54 Å². The van der Waals surface area contributed by atoms with Crippen molar-refractivity contribution in [1.82, 2.24) is 0 Å². The highest BCUT2D eigenvalue weighted by molar-refractivity contribution is 5.55. The molecule has 1 aliphatic rings. The molecule has 1 aliphatic carbocycles. The Kier molecular flexibility index (Phi) is 1.70. The number of methoxy groups -OCH3 is 1. The highest BCUT2D eigenvalue weighted by atomic mass is 16.5. The van der Waals surface area contributed by atoms with Crippen LogP contribution in [0.5, 0.6) is 5.75 Å². The molecule has 1 aromatic rings. The summed E-state index contributed by atoms with van der Waals surface area (Å²) in [5.74, 6) is 0.717. The van der Waals surface area contributed by atoms with Crippen LogP contribution in [0.2, 0.25) is 0 Å². The Morgan fingerprint density at radius 1 is 1.38 bits per heavy atom. The van der Waals surface area contributed by atoms with E-state index in [9.17, 15) is 0 Å². The number of nitrogens with two attached hydrogens (primary N) is 2. The SMILES string of the molecule is COc1cc(C2(N)CC2)ccc1N. The van der Waals surface area contributed by atoms with Crippen LogP contribution in [0.1, 0.15) is 18.4 Å². The van der Waals surface area contributed by atoms with E-state index in [-0.39, 0.29) is 5.54 Å². The van der Waals surface area contributed by atoms with E-state index in [0.717, 1.165) is 18.4 Å². The van der Waals surface area contributed by atoms with Gasteiger partial charge in [-0.1, -0.05) is 6.07 Å². The maximum Gasteiger partial charge on any atom is 0.142 e. The number of hydrogen-bond donors (Lipinski definition) is 2. The number of ether oxygens (including phenoxy) is 1. The molecule has 1 saturated carbocycles. The van der Waals surface area contributed by atoms with E-state index in [1.54, 1.807) is 7.11 Å². The second-order valence-corrected chi connectivity index (χ2v) is 3.61. The maximum absolute atomic E-state index is 6.05. The van der Waals surface area contributed by atoms with Crippen molar-refractivity contribution in [3.8, 4) is 5.75 Å². The number of benzene rings is 1. The number of rotatable bonds is 2. The first-order valence-corrected chi connectivity index (χ1v) is 4.38. The second kappa shape index (κ2) is 2.64. The zero-order valence-electron chi connectivity index (χ0n) is 7.71. The summed E-state index contributed by atoms with van der Waals surface area (Å²) in [6.07, 6.45) is 2.11. The van der Waals surface area contributed by atoms with Crippen LogP contribution in [0.3, 0.4) is 0 Å². The molecule has 4 N–H and O–H groups in total. The van der Waals surface area contributed by atoms with Gasteiger partial charge in [-0.2, -0.15) is 0 Å². The molecule has 1 fully saturated rings. The average Bonchev–Trinajstić information content (AvgIpc) is 2.86. The summed E-state index contributed by atoms with van der Waals surface area (Å²) in [5.41, 5.74) is 13.4. The third-order valence-electron chi connectivity index (χ3n) is 2.60. The van der Waals surface area contributed by atoms with Gasteiger partial charge in [-0.15, -0.1) is 0 Å². The number of anilines is 1. The summed E-state index contributed by atoms with van der Waals surface area (Å²) in [6, 6.07) is 5.76. The van der Waals surface area contributed by atoms with Crippen molar-refractivity contribution in [3.63, 3.8) is 0 Å². The largest absolute Gasteiger partial charge is 0.495 e. The monoisotopic (exact) mass is 178 g/mol. The van der Waals surface area contributed by atoms with Crippen molar-refractivity contribution in [1.29, 1.82) is 0 Å². The van der Waals surface area contributed by atoms with E-state index in [4.69, 9.17) is 16.2 Å². The fourth-order valence-corrected chi connectivity index (χ4v) is 1.44. The van der Waals surface area contributed by atoms with E-state index in [1.165, 1.54) is 0 Å². The Hall–Kier alpha value is -1.22. The quantitative estimate of drug-likeness (QED) is 0.669. The van der Waals surface area contributed by atoms with Gasteiger partial charge in [-0.05, 0) is 30.5 Å². The fourth-order valence-electron chi connectivity index (χ4n) is 1.44. The van der Waals surface area contributed by atoms with Gasteiger partial charge in [-0.25, -0.2) is 0 Å². The Balaban J connectivity index is 2.39. The van der Waals surface area contributed by atoms with Crippen molar-refractivity contribution in [3.05, 3.63) is 23.8 Å². The van der Waals surface area contributed by atoms with Crippen LogP contribution in [0.25, 0.3) is 0 Å². The zero-order valence-corrected chi connectivity index (χ0v) is 7.71. The molecule has 0 aliphatic heterocycles. The Bertz CT molecular complexity index is 332. The van der Waals surface area contributed by atoms with Crippen LogP contribution in [0.15, 0.2) is 18.2 Å². The molecule has 0 unspecified atom stereocenters. The topological polar surface area (TPSA) is 61.3 Å². The van der Waals surface area contributed by atoms with Gasteiger partial charge < -0.3 is 16.2 Å². The third kappa shape index (κ3) is 1.35. The van der Waals surface area contributed by atoms with E-state index < -0.39 is 0 Å². The second-order valence-electron chi connectivity index (χ2n) is 3.61. The summed E-state index contributed by atoms with van der Waals surface area (Å²) < 4.78 is 5.13. The molecule has 3 nitrogen and oxygen atoms in total. The van der Waals surface area contributed by atoms with Crippen molar-refractivity contribution >= 4 is 5.69 Å². The molecule has 0 aromatic heterocycles. The number of nitrogen functional groups attached to an aromatic ring is 1. The van der Waals surface area contributed by atoms with E-state index in [1.807, 2.05) is 18.2 Å². The van der Waals surface area contributed by atoms with Crippen LogP contribution in [-0.2, 0) is 5.54 Å². The lowest BCUT2D eigenvalue weighted by molar-refractivity contribution is 0.416. The molecule has 0 saturated heterocycles. The fraction of sp³-hybridized carbons (Fsp3) is 0.400. The van der Waals surface area contributed by atoms with Crippen LogP contribution >= 0.6 is 0 Å². The van der Waals surface area contributed by atoms with Crippen molar-refractivity contribution in [2.45, 2.75) is 18.4 Å². The van der Waals surface area contributed by atoms with Gasteiger partial charge in [0.05, 0.1) is 12.8 Å². The van der Waals surface area contributed by atoms with Crippen molar-refractivity contribution in [2.24, 2.45) is 5.73 Å². The molecule has 0 bridgehead atoms. The first-order valence-electron chi connectivity index (χ1n) is 4.38. The minimum atomic E-state index is -0.110. The minimum absolute atomic E-state index is 0.110. The molecule has 3 heteroatoms. The van der Waals surface area contributed by atoms with Gasteiger partial charge in [0.1, 0.15) is 5.75 Å². The van der Waals surface area contributed by atoms with Crippen LogP contribution < -0.4 is 16.2 Å². The minimum Gasteiger partial charge on any atom is -0.495 e. The third-order valence-corrected chi connectivity index (χ3v) is 2.60. The molecule has 0 atom stereocenters. The molecule has 0 amide bonds. The van der Waals surface area contributed by atoms with Crippen LogP contribution in [0.4, 0.5) is 5.69 Å². The lowest BCUT2D eigenvalue weighted by Crippen LogP contribution is -2.18. The first kappa shape index (κ1) is 8.38. The van der Waals surface area contributed by atoms with Gasteiger partial charge in [-0.3, -0.25) is 0 Å². The molecule has 2 rings (SSSR count). The summed E-state index contributed by atoms with van der Waals surface area (Å²) >= 11 is 0.